The molecule has 86 valence electrons. The molecule has 2 aliphatic rings. The fraction of sp³-hybridized carbons (Fsp3) is 0.909. The van der Waals surface area contributed by atoms with Crippen LogP contribution >= 0.6 is 0 Å². The molecule has 0 aromatic heterocycles. The molecule has 2 N–H and O–H groups in total. The molecule has 0 bridgehead atoms. The SMILES string of the molecule is CN1CCN(C(=O)[C@@H]2CCC[C@@H]2N)CC1. The molecule has 1 aliphatic carbocycles. The maximum absolute atomic E-state index is 12.1. The van der Waals surface area contributed by atoms with Crippen molar-refractivity contribution in [3.05, 3.63) is 0 Å². The molecule has 1 heterocycles. The molecule has 0 unspecified atom stereocenters. The summed E-state index contributed by atoms with van der Waals surface area (Å²) in [4.78, 5) is 16.4. The van der Waals surface area contributed by atoms with Crippen LogP contribution in [0.4, 0.5) is 0 Å². The van der Waals surface area contributed by atoms with Gasteiger partial charge >= 0.3 is 0 Å². The first-order chi connectivity index (χ1) is 7.18. The number of hydrogen-bond acceptors (Lipinski definition) is 3. The van der Waals surface area contributed by atoms with Crippen LogP contribution in [-0.4, -0.2) is 55.0 Å². The quantitative estimate of drug-likeness (QED) is 0.658. The lowest BCUT2D eigenvalue weighted by Crippen LogP contribution is -2.50. The summed E-state index contributed by atoms with van der Waals surface area (Å²) >= 11 is 0. The van der Waals surface area contributed by atoms with Crippen LogP contribution in [0.5, 0.6) is 0 Å². The Labute approximate surface area is 91.4 Å². The van der Waals surface area contributed by atoms with E-state index >= 15 is 0 Å². The van der Waals surface area contributed by atoms with Gasteiger partial charge in [0.05, 0.1) is 5.92 Å². The first-order valence-electron chi connectivity index (χ1n) is 5.91. The summed E-state index contributed by atoms with van der Waals surface area (Å²) in [5.74, 6) is 0.404. The van der Waals surface area contributed by atoms with Gasteiger partial charge in [-0.15, -0.1) is 0 Å². The normalized spacial score (nSPS) is 33.3. The smallest absolute Gasteiger partial charge is 0.227 e. The monoisotopic (exact) mass is 211 g/mol. The first-order valence-corrected chi connectivity index (χ1v) is 5.91. The molecule has 2 fully saturated rings. The maximum Gasteiger partial charge on any atom is 0.227 e. The van der Waals surface area contributed by atoms with Crippen LogP contribution in [-0.2, 0) is 4.79 Å². The molecule has 1 saturated heterocycles. The third kappa shape index (κ3) is 2.32. The summed E-state index contributed by atoms with van der Waals surface area (Å²) in [6, 6.07) is 0.108. The number of carbonyl (C=O) groups is 1. The Bertz CT molecular complexity index is 236. The van der Waals surface area contributed by atoms with Gasteiger partial charge in [0, 0.05) is 32.2 Å². The standard InChI is InChI=1S/C11H21N3O/c1-13-5-7-14(8-6-13)11(15)9-3-2-4-10(9)12/h9-10H,2-8,12H2,1H3/t9-,10+/m1/s1. The predicted molar refractivity (Wildman–Crippen MR) is 59.4 cm³/mol. The molecule has 0 aromatic carbocycles. The lowest BCUT2D eigenvalue weighted by atomic mass is 10.0. The maximum atomic E-state index is 12.1. The molecule has 0 aromatic rings. The van der Waals surface area contributed by atoms with Crippen molar-refractivity contribution in [2.45, 2.75) is 25.3 Å². The fourth-order valence-electron chi connectivity index (χ4n) is 2.56. The van der Waals surface area contributed by atoms with Crippen molar-refractivity contribution in [1.82, 2.24) is 9.80 Å². The number of rotatable bonds is 1. The Kier molecular flexibility index (Phi) is 3.26. The molecule has 1 aliphatic heterocycles. The van der Waals surface area contributed by atoms with E-state index in [0.29, 0.717) is 5.91 Å². The van der Waals surface area contributed by atoms with E-state index in [1.807, 2.05) is 4.90 Å². The lowest BCUT2D eigenvalue weighted by molar-refractivity contribution is -0.137. The number of hydrogen-bond donors (Lipinski definition) is 1. The third-order valence-electron chi connectivity index (χ3n) is 3.70. The Morgan fingerprint density at radius 3 is 2.40 bits per heavy atom. The third-order valence-corrected chi connectivity index (χ3v) is 3.70. The Morgan fingerprint density at radius 2 is 1.87 bits per heavy atom. The number of piperazine rings is 1. The summed E-state index contributed by atoms with van der Waals surface area (Å²) in [6.45, 7) is 3.73. The molecule has 0 radical (unpaired) electrons. The van der Waals surface area contributed by atoms with E-state index in [-0.39, 0.29) is 12.0 Å². The first kappa shape index (κ1) is 10.9. The highest BCUT2D eigenvalue weighted by Gasteiger charge is 2.33. The van der Waals surface area contributed by atoms with Crippen LogP contribution in [0.25, 0.3) is 0 Å². The molecular weight excluding hydrogens is 190 g/mol. The van der Waals surface area contributed by atoms with Crippen LogP contribution in [0.15, 0.2) is 0 Å². The van der Waals surface area contributed by atoms with Crippen molar-refractivity contribution >= 4 is 5.91 Å². The average Bonchev–Trinajstić information content (AvgIpc) is 2.65. The second kappa shape index (κ2) is 4.49. The molecule has 4 heteroatoms. The summed E-state index contributed by atoms with van der Waals surface area (Å²) in [5, 5.41) is 0. The average molecular weight is 211 g/mol. The molecular formula is C11H21N3O. The van der Waals surface area contributed by atoms with E-state index in [9.17, 15) is 4.79 Å². The van der Waals surface area contributed by atoms with Crippen molar-refractivity contribution in [1.29, 1.82) is 0 Å². The number of nitrogens with two attached hydrogens (primary N) is 1. The van der Waals surface area contributed by atoms with Gasteiger partial charge in [0.2, 0.25) is 5.91 Å². The highest BCUT2D eigenvalue weighted by atomic mass is 16.2. The van der Waals surface area contributed by atoms with Gasteiger partial charge in [-0.05, 0) is 19.9 Å². The lowest BCUT2D eigenvalue weighted by Gasteiger charge is -2.34. The summed E-state index contributed by atoms with van der Waals surface area (Å²) in [7, 11) is 2.10. The second-order valence-corrected chi connectivity index (χ2v) is 4.83. The van der Waals surface area contributed by atoms with Gasteiger partial charge in [0.25, 0.3) is 0 Å². The fourth-order valence-corrected chi connectivity index (χ4v) is 2.56. The topological polar surface area (TPSA) is 49.6 Å². The molecule has 0 spiro atoms. The zero-order valence-electron chi connectivity index (χ0n) is 9.48. The molecule has 2 rings (SSSR count). The minimum Gasteiger partial charge on any atom is -0.340 e. The summed E-state index contributed by atoms with van der Waals surface area (Å²) in [5.41, 5.74) is 5.96. The van der Waals surface area contributed by atoms with Crippen molar-refractivity contribution in [3.63, 3.8) is 0 Å². The predicted octanol–water partition coefficient (Wildman–Crippen LogP) is -0.112. The van der Waals surface area contributed by atoms with Crippen LogP contribution < -0.4 is 5.73 Å². The molecule has 2 atom stereocenters. The summed E-state index contributed by atoms with van der Waals surface area (Å²) < 4.78 is 0. The minimum absolute atomic E-state index is 0.105. The van der Waals surface area contributed by atoms with E-state index in [2.05, 4.69) is 11.9 Å². The Morgan fingerprint density at radius 1 is 1.20 bits per heavy atom. The number of likely N-dealkylation sites (N-methyl/N-ethyl adjacent to an activating group) is 1. The van der Waals surface area contributed by atoms with Crippen molar-refractivity contribution < 1.29 is 4.79 Å². The van der Waals surface area contributed by atoms with E-state index in [1.165, 1.54) is 0 Å². The Balaban J connectivity index is 1.90. The van der Waals surface area contributed by atoms with E-state index in [0.717, 1.165) is 45.4 Å². The van der Waals surface area contributed by atoms with Gasteiger partial charge in [-0.1, -0.05) is 6.42 Å². The van der Waals surface area contributed by atoms with Crippen LogP contribution in [0.3, 0.4) is 0 Å². The molecule has 15 heavy (non-hydrogen) atoms. The van der Waals surface area contributed by atoms with Crippen LogP contribution in [0, 0.1) is 5.92 Å². The molecule has 1 amide bonds. The van der Waals surface area contributed by atoms with Gasteiger partial charge in [-0.3, -0.25) is 4.79 Å². The minimum atomic E-state index is 0.105. The van der Waals surface area contributed by atoms with E-state index in [4.69, 9.17) is 5.73 Å². The van der Waals surface area contributed by atoms with Gasteiger partial charge in [0.1, 0.15) is 0 Å². The molecule has 4 nitrogen and oxygen atoms in total. The van der Waals surface area contributed by atoms with E-state index in [1.54, 1.807) is 0 Å². The van der Waals surface area contributed by atoms with Crippen molar-refractivity contribution in [2.75, 3.05) is 33.2 Å². The largest absolute Gasteiger partial charge is 0.340 e. The van der Waals surface area contributed by atoms with Gasteiger partial charge in [-0.25, -0.2) is 0 Å². The number of nitrogens with zero attached hydrogens (tertiary/aromatic N) is 2. The van der Waals surface area contributed by atoms with Gasteiger partial charge in [0.15, 0.2) is 0 Å². The highest BCUT2D eigenvalue weighted by Crippen LogP contribution is 2.26. The van der Waals surface area contributed by atoms with Crippen LogP contribution in [0.2, 0.25) is 0 Å². The molecule has 1 saturated carbocycles. The van der Waals surface area contributed by atoms with Crippen molar-refractivity contribution in [3.8, 4) is 0 Å². The highest BCUT2D eigenvalue weighted by molar-refractivity contribution is 5.80. The van der Waals surface area contributed by atoms with Gasteiger partial charge < -0.3 is 15.5 Å². The number of amides is 1. The van der Waals surface area contributed by atoms with Crippen LogP contribution in [0.1, 0.15) is 19.3 Å². The zero-order chi connectivity index (χ0) is 10.8. The second-order valence-electron chi connectivity index (χ2n) is 4.83. The zero-order valence-corrected chi connectivity index (χ0v) is 9.48. The Hall–Kier alpha value is -0.610. The summed E-state index contributed by atoms with van der Waals surface area (Å²) in [6.07, 6.45) is 3.13. The van der Waals surface area contributed by atoms with Crippen molar-refractivity contribution in [2.24, 2.45) is 11.7 Å². The van der Waals surface area contributed by atoms with E-state index < -0.39 is 0 Å². The van der Waals surface area contributed by atoms with Gasteiger partial charge in [-0.2, -0.15) is 0 Å². The number of carbonyl (C=O) groups excluding carboxylic acids is 1.